The van der Waals surface area contributed by atoms with Crippen LogP contribution in [0.1, 0.15) is 15.9 Å². The molecule has 0 saturated heterocycles. The molecule has 104 valence electrons. The molecule has 0 unspecified atom stereocenters. The molecule has 0 bridgehead atoms. The lowest BCUT2D eigenvalue weighted by atomic mass is 9.97. The summed E-state index contributed by atoms with van der Waals surface area (Å²) in [7, 11) is 0. The Morgan fingerprint density at radius 3 is 2.57 bits per heavy atom. The number of carbonyl (C=O) groups is 1. The second kappa shape index (κ2) is 5.78. The zero-order valence-corrected chi connectivity index (χ0v) is 12.7. The van der Waals surface area contributed by atoms with E-state index in [2.05, 4.69) is 15.9 Å². The average molecular weight is 343 g/mol. The molecule has 0 heterocycles. The van der Waals surface area contributed by atoms with Gasteiger partial charge in [0.1, 0.15) is 5.82 Å². The van der Waals surface area contributed by atoms with Crippen molar-refractivity contribution in [2.24, 2.45) is 0 Å². The zero-order valence-electron chi connectivity index (χ0n) is 11.1. The Kier molecular flexibility index (Phi) is 3.84. The lowest BCUT2D eigenvalue weighted by Gasteiger charge is -2.06. The van der Waals surface area contributed by atoms with E-state index in [0.717, 1.165) is 16.3 Å². The molecular formula is C18H12BrFO. The standard InChI is InChI=1S/C18H12BrFO/c19-16-10-12(8-9-17(16)20)11-18(21)15-7-3-5-13-4-1-2-6-14(13)15/h1-10H,11H2. The molecule has 0 radical (unpaired) electrons. The number of halogens is 2. The number of benzene rings is 3. The molecule has 0 amide bonds. The summed E-state index contributed by atoms with van der Waals surface area (Å²) in [5, 5.41) is 2.00. The molecule has 0 N–H and O–H groups in total. The Bertz CT molecular complexity index is 821. The van der Waals surface area contributed by atoms with Crippen LogP contribution >= 0.6 is 15.9 Å². The van der Waals surface area contributed by atoms with E-state index in [4.69, 9.17) is 0 Å². The summed E-state index contributed by atoms with van der Waals surface area (Å²) in [6.45, 7) is 0. The molecule has 3 heteroatoms. The molecule has 0 atom stereocenters. The van der Waals surface area contributed by atoms with Crippen molar-refractivity contribution in [1.29, 1.82) is 0 Å². The van der Waals surface area contributed by atoms with Gasteiger partial charge in [0.15, 0.2) is 5.78 Å². The number of rotatable bonds is 3. The van der Waals surface area contributed by atoms with Crippen LogP contribution in [-0.4, -0.2) is 5.78 Å². The van der Waals surface area contributed by atoms with Crippen molar-refractivity contribution < 1.29 is 9.18 Å². The van der Waals surface area contributed by atoms with Crippen molar-refractivity contribution in [2.45, 2.75) is 6.42 Å². The lowest BCUT2D eigenvalue weighted by Crippen LogP contribution is -2.04. The Balaban J connectivity index is 1.95. The third kappa shape index (κ3) is 2.88. The van der Waals surface area contributed by atoms with Crippen molar-refractivity contribution in [2.75, 3.05) is 0 Å². The quantitative estimate of drug-likeness (QED) is 0.600. The van der Waals surface area contributed by atoms with Crippen molar-refractivity contribution in [3.8, 4) is 0 Å². The highest BCUT2D eigenvalue weighted by molar-refractivity contribution is 9.10. The number of hydrogen-bond donors (Lipinski definition) is 0. The Morgan fingerprint density at radius 2 is 1.76 bits per heavy atom. The maximum Gasteiger partial charge on any atom is 0.167 e. The second-order valence-electron chi connectivity index (χ2n) is 4.88. The van der Waals surface area contributed by atoms with Gasteiger partial charge in [-0.15, -0.1) is 0 Å². The largest absolute Gasteiger partial charge is 0.294 e. The molecule has 0 spiro atoms. The van der Waals surface area contributed by atoms with E-state index >= 15 is 0 Å². The monoisotopic (exact) mass is 342 g/mol. The van der Waals surface area contributed by atoms with Gasteiger partial charge < -0.3 is 0 Å². The van der Waals surface area contributed by atoms with Crippen LogP contribution in [0.3, 0.4) is 0 Å². The first-order valence-corrected chi connectivity index (χ1v) is 7.39. The molecule has 0 aromatic heterocycles. The molecule has 3 aromatic carbocycles. The molecule has 1 nitrogen and oxygen atoms in total. The van der Waals surface area contributed by atoms with Gasteiger partial charge in [0.25, 0.3) is 0 Å². The van der Waals surface area contributed by atoms with E-state index in [1.807, 2.05) is 42.5 Å². The summed E-state index contributed by atoms with van der Waals surface area (Å²) in [5.74, 6) is -0.290. The smallest absolute Gasteiger partial charge is 0.167 e. The van der Waals surface area contributed by atoms with Crippen LogP contribution in [0.5, 0.6) is 0 Å². The zero-order chi connectivity index (χ0) is 14.8. The number of fused-ring (bicyclic) bond motifs is 1. The van der Waals surface area contributed by atoms with Gasteiger partial charge in [0, 0.05) is 12.0 Å². The van der Waals surface area contributed by atoms with Gasteiger partial charge >= 0.3 is 0 Å². The first-order chi connectivity index (χ1) is 10.1. The SMILES string of the molecule is O=C(Cc1ccc(F)c(Br)c1)c1cccc2ccccc12. The van der Waals surface area contributed by atoms with Gasteiger partial charge in [0.05, 0.1) is 4.47 Å². The van der Waals surface area contributed by atoms with Crippen LogP contribution in [0.2, 0.25) is 0 Å². The predicted octanol–water partition coefficient (Wildman–Crippen LogP) is 5.17. The van der Waals surface area contributed by atoms with E-state index < -0.39 is 0 Å². The minimum Gasteiger partial charge on any atom is -0.294 e. The van der Waals surface area contributed by atoms with Gasteiger partial charge in [-0.1, -0.05) is 48.5 Å². The Hall–Kier alpha value is -2.00. The minimum absolute atomic E-state index is 0.0327. The summed E-state index contributed by atoms with van der Waals surface area (Å²) in [6, 6.07) is 18.2. The van der Waals surface area contributed by atoms with Crippen molar-refractivity contribution >= 4 is 32.5 Å². The van der Waals surface area contributed by atoms with E-state index in [-0.39, 0.29) is 18.0 Å². The van der Waals surface area contributed by atoms with Crippen LogP contribution in [-0.2, 0) is 6.42 Å². The molecule has 3 aromatic rings. The highest BCUT2D eigenvalue weighted by atomic mass is 79.9. The molecule has 0 saturated carbocycles. The molecule has 0 aliphatic carbocycles. The summed E-state index contributed by atoms with van der Waals surface area (Å²) >= 11 is 3.15. The van der Waals surface area contributed by atoms with Crippen LogP contribution in [0, 0.1) is 5.82 Å². The summed E-state index contributed by atoms with van der Waals surface area (Å²) in [4.78, 5) is 12.5. The molecule has 21 heavy (non-hydrogen) atoms. The Morgan fingerprint density at radius 1 is 1.00 bits per heavy atom. The van der Waals surface area contributed by atoms with Gasteiger partial charge in [-0.3, -0.25) is 4.79 Å². The minimum atomic E-state index is -0.323. The van der Waals surface area contributed by atoms with Gasteiger partial charge in [-0.2, -0.15) is 0 Å². The summed E-state index contributed by atoms with van der Waals surface area (Å²) in [6.07, 6.45) is 0.257. The second-order valence-corrected chi connectivity index (χ2v) is 5.73. The number of ketones is 1. The number of Topliss-reactive ketones (excluding diaryl/α,β-unsaturated/α-hetero) is 1. The first-order valence-electron chi connectivity index (χ1n) is 6.60. The Labute approximate surface area is 130 Å². The third-order valence-electron chi connectivity index (χ3n) is 3.44. The summed E-state index contributed by atoms with van der Waals surface area (Å²) in [5.41, 5.74) is 1.50. The molecule has 0 aliphatic heterocycles. The van der Waals surface area contributed by atoms with E-state index in [1.54, 1.807) is 12.1 Å². The lowest BCUT2D eigenvalue weighted by molar-refractivity contribution is 0.0994. The van der Waals surface area contributed by atoms with E-state index in [1.165, 1.54) is 6.07 Å². The molecule has 0 aliphatic rings. The van der Waals surface area contributed by atoms with Crippen LogP contribution < -0.4 is 0 Å². The van der Waals surface area contributed by atoms with Gasteiger partial charge in [0.2, 0.25) is 0 Å². The van der Waals surface area contributed by atoms with Crippen LogP contribution in [0.25, 0.3) is 10.8 Å². The van der Waals surface area contributed by atoms with E-state index in [0.29, 0.717) is 10.0 Å². The van der Waals surface area contributed by atoms with Crippen LogP contribution in [0.15, 0.2) is 65.1 Å². The maximum atomic E-state index is 13.2. The molecule has 0 fully saturated rings. The average Bonchev–Trinajstić information content (AvgIpc) is 2.50. The van der Waals surface area contributed by atoms with Gasteiger partial charge in [-0.05, 0) is 44.4 Å². The highest BCUT2D eigenvalue weighted by Gasteiger charge is 2.11. The summed E-state index contributed by atoms with van der Waals surface area (Å²) < 4.78 is 13.6. The molecular weight excluding hydrogens is 331 g/mol. The van der Waals surface area contributed by atoms with E-state index in [9.17, 15) is 9.18 Å². The maximum absolute atomic E-state index is 13.2. The highest BCUT2D eigenvalue weighted by Crippen LogP contribution is 2.22. The fraction of sp³-hybridized carbons (Fsp3) is 0.0556. The fourth-order valence-corrected chi connectivity index (χ4v) is 2.82. The van der Waals surface area contributed by atoms with Crippen molar-refractivity contribution in [1.82, 2.24) is 0 Å². The van der Waals surface area contributed by atoms with Gasteiger partial charge in [-0.25, -0.2) is 4.39 Å². The van der Waals surface area contributed by atoms with Crippen molar-refractivity contribution in [3.05, 3.63) is 82.1 Å². The topological polar surface area (TPSA) is 17.1 Å². The first kappa shape index (κ1) is 14.0. The molecule has 3 rings (SSSR count). The third-order valence-corrected chi connectivity index (χ3v) is 4.05. The van der Waals surface area contributed by atoms with Crippen molar-refractivity contribution in [3.63, 3.8) is 0 Å². The predicted molar refractivity (Wildman–Crippen MR) is 86.1 cm³/mol. The number of hydrogen-bond acceptors (Lipinski definition) is 1. The fourth-order valence-electron chi connectivity index (χ4n) is 2.40. The van der Waals surface area contributed by atoms with Crippen LogP contribution in [0.4, 0.5) is 4.39 Å². The normalized spacial score (nSPS) is 10.8. The number of carbonyl (C=O) groups excluding carboxylic acids is 1.